The van der Waals surface area contributed by atoms with E-state index in [0.717, 1.165) is 22.4 Å². The highest BCUT2D eigenvalue weighted by Crippen LogP contribution is 2.26. The third-order valence-electron chi connectivity index (χ3n) is 3.64. The minimum absolute atomic E-state index is 0.302. The molecule has 0 amide bonds. The molecule has 0 radical (unpaired) electrons. The maximum Gasteiger partial charge on any atom is 0.123 e. The number of rotatable bonds is 3. The standard InChI is InChI=1S/C19H14FN3/c1-13(22)14-4-8-18(9-5-14)23-11-16(10-21)19(12-23)15-2-6-17(20)7-3-15/h2-9,11-12H,1,22H2. The maximum atomic E-state index is 13.1. The molecule has 112 valence electrons. The van der Waals surface area contributed by atoms with Crippen LogP contribution >= 0.6 is 0 Å². The fourth-order valence-electron chi connectivity index (χ4n) is 2.40. The zero-order valence-corrected chi connectivity index (χ0v) is 12.3. The van der Waals surface area contributed by atoms with Crippen molar-refractivity contribution < 1.29 is 4.39 Å². The lowest BCUT2D eigenvalue weighted by Crippen LogP contribution is -1.95. The van der Waals surface area contributed by atoms with Crippen LogP contribution in [0, 0.1) is 17.1 Å². The number of nitriles is 1. The summed E-state index contributed by atoms with van der Waals surface area (Å²) in [5.41, 5.74) is 10.0. The fourth-order valence-corrected chi connectivity index (χ4v) is 2.40. The van der Waals surface area contributed by atoms with Crippen LogP contribution in [0.2, 0.25) is 0 Å². The van der Waals surface area contributed by atoms with E-state index in [4.69, 9.17) is 5.73 Å². The molecule has 0 saturated heterocycles. The minimum Gasteiger partial charge on any atom is -0.399 e. The van der Waals surface area contributed by atoms with Crippen molar-refractivity contribution in [2.75, 3.05) is 0 Å². The van der Waals surface area contributed by atoms with Crippen LogP contribution in [-0.2, 0) is 0 Å². The molecule has 0 bridgehead atoms. The van der Waals surface area contributed by atoms with Gasteiger partial charge in [0, 0.05) is 29.3 Å². The van der Waals surface area contributed by atoms with Gasteiger partial charge in [0.25, 0.3) is 0 Å². The molecule has 0 unspecified atom stereocenters. The lowest BCUT2D eigenvalue weighted by atomic mass is 10.1. The van der Waals surface area contributed by atoms with E-state index in [-0.39, 0.29) is 5.82 Å². The molecule has 3 nitrogen and oxygen atoms in total. The van der Waals surface area contributed by atoms with Gasteiger partial charge < -0.3 is 10.3 Å². The Labute approximate surface area is 133 Å². The summed E-state index contributed by atoms with van der Waals surface area (Å²) in [6, 6.07) is 15.8. The molecule has 4 heteroatoms. The molecule has 1 heterocycles. The van der Waals surface area contributed by atoms with Crippen LogP contribution < -0.4 is 5.73 Å². The first-order valence-electron chi connectivity index (χ1n) is 7.01. The summed E-state index contributed by atoms with van der Waals surface area (Å²) < 4.78 is 14.9. The lowest BCUT2D eigenvalue weighted by molar-refractivity contribution is 0.628. The van der Waals surface area contributed by atoms with Crippen molar-refractivity contribution in [2.24, 2.45) is 5.73 Å². The van der Waals surface area contributed by atoms with E-state index >= 15 is 0 Å². The molecule has 0 saturated carbocycles. The zero-order chi connectivity index (χ0) is 16.4. The number of halogens is 1. The predicted molar refractivity (Wildman–Crippen MR) is 89.1 cm³/mol. The van der Waals surface area contributed by atoms with Crippen LogP contribution in [-0.4, -0.2) is 4.57 Å². The first kappa shape index (κ1) is 14.6. The molecule has 3 rings (SSSR count). The number of nitrogens with zero attached hydrogens (tertiary/aromatic N) is 2. The van der Waals surface area contributed by atoms with E-state index in [1.54, 1.807) is 18.3 Å². The third kappa shape index (κ3) is 2.85. The highest BCUT2D eigenvalue weighted by molar-refractivity contribution is 5.71. The average Bonchev–Trinajstić information content (AvgIpc) is 3.00. The van der Waals surface area contributed by atoms with Crippen molar-refractivity contribution in [2.45, 2.75) is 0 Å². The average molecular weight is 303 g/mol. The van der Waals surface area contributed by atoms with Gasteiger partial charge in [0.2, 0.25) is 0 Å². The Kier molecular flexibility index (Phi) is 3.70. The molecule has 2 N–H and O–H groups in total. The van der Waals surface area contributed by atoms with Gasteiger partial charge in [-0.15, -0.1) is 0 Å². The van der Waals surface area contributed by atoms with Gasteiger partial charge in [0.15, 0.2) is 0 Å². The smallest absolute Gasteiger partial charge is 0.123 e. The van der Waals surface area contributed by atoms with E-state index in [9.17, 15) is 9.65 Å². The summed E-state index contributed by atoms with van der Waals surface area (Å²) >= 11 is 0. The molecule has 0 spiro atoms. The van der Waals surface area contributed by atoms with E-state index in [1.165, 1.54) is 12.1 Å². The summed E-state index contributed by atoms with van der Waals surface area (Å²) in [4.78, 5) is 0. The van der Waals surface area contributed by atoms with E-state index in [1.807, 2.05) is 35.0 Å². The monoisotopic (exact) mass is 303 g/mol. The van der Waals surface area contributed by atoms with E-state index < -0.39 is 0 Å². The molecule has 1 aromatic heterocycles. The van der Waals surface area contributed by atoms with Crippen molar-refractivity contribution >= 4 is 5.70 Å². The van der Waals surface area contributed by atoms with Crippen LogP contribution in [0.1, 0.15) is 11.1 Å². The molecule has 0 atom stereocenters. The van der Waals surface area contributed by atoms with Gasteiger partial charge >= 0.3 is 0 Å². The zero-order valence-electron chi connectivity index (χ0n) is 12.3. The highest BCUT2D eigenvalue weighted by Gasteiger charge is 2.10. The second kappa shape index (κ2) is 5.82. The van der Waals surface area contributed by atoms with Crippen molar-refractivity contribution in [1.29, 1.82) is 5.26 Å². The molecular formula is C19H14FN3. The highest BCUT2D eigenvalue weighted by atomic mass is 19.1. The minimum atomic E-state index is -0.302. The van der Waals surface area contributed by atoms with Crippen LogP contribution in [0.3, 0.4) is 0 Å². The number of benzene rings is 2. The van der Waals surface area contributed by atoms with Gasteiger partial charge in [-0.2, -0.15) is 5.26 Å². The van der Waals surface area contributed by atoms with Crippen molar-refractivity contribution in [3.8, 4) is 22.9 Å². The number of hydrogen-bond donors (Lipinski definition) is 1. The van der Waals surface area contributed by atoms with Gasteiger partial charge in [-0.25, -0.2) is 4.39 Å². The van der Waals surface area contributed by atoms with Gasteiger partial charge in [-0.1, -0.05) is 30.8 Å². The molecular weight excluding hydrogens is 289 g/mol. The van der Waals surface area contributed by atoms with Crippen LogP contribution in [0.5, 0.6) is 0 Å². The molecule has 0 fully saturated rings. The summed E-state index contributed by atoms with van der Waals surface area (Å²) in [5, 5.41) is 9.35. The quantitative estimate of drug-likeness (QED) is 0.792. The summed E-state index contributed by atoms with van der Waals surface area (Å²) in [5.74, 6) is -0.302. The Morgan fingerprint density at radius 1 is 1.04 bits per heavy atom. The summed E-state index contributed by atoms with van der Waals surface area (Å²) in [7, 11) is 0. The largest absolute Gasteiger partial charge is 0.399 e. The molecule has 0 aliphatic heterocycles. The molecule has 23 heavy (non-hydrogen) atoms. The summed E-state index contributed by atoms with van der Waals surface area (Å²) in [6.45, 7) is 3.70. The second-order valence-electron chi connectivity index (χ2n) is 5.18. The first-order valence-corrected chi connectivity index (χ1v) is 7.01. The predicted octanol–water partition coefficient (Wildman–Crippen LogP) is 4.08. The molecule has 0 aliphatic rings. The first-order chi connectivity index (χ1) is 11.1. The van der Waals surface area contributed by atoms with Crippen molar-refractivity contribution in [3.63, 3.8) is 0 Å². The summed E-state index contributed by atoms with van der Waals surface area (Å²) in [6.07, 6.45) is 3.61. The van der Waals surface area contributed by atoms with Crippen LogP contribution in [0.15, 0.2) is 67.5 Å². The Bertz CT molecular complexity index is 897. The number of hydrogen-bond acceptors (Lipinski definition) is 2. The maximum absolute atomic E-state index is 13.1. The van der Waals surface area contributed by atoms with Gasteiger partial charge in [0.1, 0.15) is 11.9 Å². The van der Waals surface area contributed by atoms with E-state index in [0.29, 0.717) is 11.3 Å². The molecule has 3 aromatic rings. The lowest BCUT2D eigenvalue weighted by Gasteiger charge is -2.05. The normalized spacial score (nSPS) is 10.3. The van der Waals surface area contributed by atoms with Crippen molar-refractivity contribution in [3.05, 3.63) is 84.4 Å². The Balaban J connectivity index is 2.03. The SMILES string of the molecule is C=C(N)c1ccc(-n2cc(C#N)c(-c3ccc(F)cc3)c2)cc1. The third-order valence-corrected chi connectivity index (χ3v) is 3.64. The fraction of sp³-hybridized carbons (Fsp3) is 0. The van der Waals surface area contributed by atoms with Crippen LogP contribution in [0.25, 0.3) is 22.5 Å². The van der Waals surface area contributed by atoms with Gasteiger partial charge in [-0.05, 0) is 35.4 Å². The van der Waals surface area contributed by atoms with E-state index in [2.05, 4.69) is 12.6 Å². The van der Waals surface area contributed by atoms with Crippen LogP contribution in [0.4, 0.5) is 4.39 Å². The Hall–Kier alpha value is -3.32. The number of nitrogens with two attached hydrogens (primary N) is 1. The molecule has 2 aromatic carbocycles. The Morgan fingerprint density at radius 2 is 1.70 bits per heavy atom. The number of aromatic nitrogens is 1. The van der Waals surface area contributed by atoms with Gasteiger partial charge in [-0.3, -0.25) is 0 Å². The Morgan fingerprint density at radius 3 is 2.26 bits per heavy atom. The topological polar surface area (TPSA) is 54.7 Å². The molecule has 0 aliphatic carbocycles. The van der Waals surface area contributed by atoms with Gasteiger partial charge in [0.05, 0.1) is 5.56 Å². The van der Waals surface area contributed by atoms with Crippen molar-refractivity contribution in [1.82, 2.24) is 4.57 Å². The second-order valence-corrected chi connectivity index (χ2v) is 5.18.